The van der Waals surface area contributed by atoms with Crippen molar-refractivity contribution in [2.45, 2.75) is 31.8 Å². The van der Waals surface area contributed by atoms with E-state index < -0.39 is 5.69 Å². The number of aromatic nitrogens is 2. The van der Waals surface area contributed by atoms with E-state index >= 15 is 0 Å². The summed E-state index contributed by atoms with van der Waals surface area (Å²) in [7, 11) is 1.40. The minimum absolute atomic E-state index is 0.0179. The highest BCUT2D eigenvalue weighted by Gasteiger charge is 2.21. The van der Waals surface area contributed by atoms with E-state index in [2.05, 4.69) is 11.4 Å². The number of hydrogen-bond donors (Lipinski definition) is 1. The van der Waals surface area contributed by atoms with Crippen molar-refractivity contribution < 1.29 is 4.79 Å². The van der Waals surface area contributed by atoms with E-state index in [9.17, 15) is 14.4 Å². The molecule has 0 spiro atoms. The third kappa shape index (κ3) is 3.11. The Morgan fingerprint density at radius 1 is 1.26 bits per heavy atom. The first kappa shape index (κ1) is 15.3. The Balaban J connectivity index is 1.75. The van der Waals surface area contributed by atoms with E-state index in [-0.39, 0.29) is 24.1 Å². The maximum atomic E-state index is 12.3. The van der Waals surface area contributed by atoms with Gasteiger partial charge in [-0.05, 0) is 30.4 Å². The van der Waals surface area contributed by atoms with Crippen molar-refractivity contribution in [3.8, 4) is 0 Å². The van der Waals surface area contributed by atoms with Gasteiger partial charge in [0.15, 0.2) is 0 Å². The molecule has 1 aromatic carbocycles. The molecular weight excluding hydrogens is 294 g/mol. The molecule has 1 aromatic heterocycles. The van der Waals surface area contributed by atoms with Crippen molar-refractivity contribution in [3.05, 3.63) is 68.5 Å². The van der Waals surface area contributed by atoms with Crippen LogP contribution in [0.4, 0.5) is 0 Å². The van der Waals surface area contributed by atoms with E-state index in [0.29, 0.717) is 0 Å². The van der Waals surface area contributed by atoms with Crippen LogP contribution in [0.1, 0.15) is 30.0 Å². The number of nitrogens with zero attached hydrogens (tertiary/aromatic N) is 2. The standard InChI is InChI=1S/C17H19N3O3/c1-19-16(22)9-10-20(17(19)23)11-15(21)18-14-8-4-6-12-5-2-3-7-13(12)14/h2-3,5,7,9-10,14H,4,6,8,11H2,1H3,(H,18,21)/t14-/m1/s1. The van der Waals surface area contributed by atoms with Crippen molar-refractivity contribution >= 4 is 5.91 Å². The molecule has 120 valence electrons. The fraction of sp³-hybridized carbons (Fsp3) is 0.353. The topological polar surface area (TPSA) is 73.1 Å². The van der Waals surface area contributed by atoms with Gasteiger partial charge in [0.25, 0.3) is 5.56 Å². The minimum atomic E-state index is -0.489. The molecular formula is C17H19N3O3. The predicted octanol–water partition coefficient (Wildman–Crippen LogP) is 0.741. The van der Waals surface area contributed by atoms with Gasteiger partial charge in [-0.1, -0.05) is 24.3 Å². The Bertz CT molecular complexity index is 851. The molecule has 6 nitrogen and oxygen atoms in total. The van der Waals surface area contributed by atoms with Gasteiger partial charge in [-0.3, -0.25) is 18.7 Å². The van der Waals surface area contributed by atoms with E-state index in [0.717, 1.165) is 29.4 Å². The average Bonchev–Trinajstić information content (AvgIpc) is 2.56. The first-order valence-electron chi connectivity index (χ1n) is 7.70. The molecule has 0 unspecified atom stereocenters. The third-order valence-electron chi connectivity index (χ3n) is 4.28. The second-order valence-corrected chi connectivity index (χ2v) is 5.83. The van der Waals surface area contributed by atoms with Crippen LogP contribution in [0.5, 0.6) is 0 Å². The summed E-state index contributed by atoms with van der Waals surface area (Å²) in [6.07, 6.45) is 4.31. The summed E-state index contributed by atoms with van der Waals surface area (Å²) in [5.41, 5.74) is 1.55. The summed E-state index contributed by atoms with van der Waals surface area (Å²) in [4.78, 5) is 35.6. The van der Waals surface area contributed by atoms with Gasteiger partial charge in [0.1, 0.15) is 6.54 Å². The highest BCUT2D eigenvalue weighted by atomic mass is 16.2. The van der Waals surface area contributed by atoms with E-state index in [4.69, 9.17) is 0 Å². The molecule has 1 amide bonds. The minimum Gasteiger partial charge on any atom is -0.348 e. The first-order chi connectivity index (χ1) is 11.1. The molecule has 0 saturated heterocycles. The number of rotatable bonds is 3. The molecule has 3 rings (SSSR count). The summed E-state index contributed by atoms with van der Waals surface area (Å²) in [6.45, 7) is -0.0916. The molecule has 1 heterocycles. The van der Waals surface area contributed by atoms with Crippen molar-refractivity contribution in [1.29, 1.82) is 0 Å². The molecule has 1 aliphatic carbocycles. The van der Waals surface area contributed by atoms with Crippen LogP contribution in [0.25, 0.3) is 0 Å². The van der Waals surface area contributed by atoms with Crippen LogP contribution in [0, 0.1) is 0 Å². The van der Waals surface area contributed by atoms with E-state index in [1.807, 2.05) is 18.2 Å². The van der Waals surface area contributed by atoms with Gasteiger partial charge in [0.05, 0.1) is 6.04 Å². The summed E-state index contributed by atoms with van der Waals surface area (Å²) in [6, 6.07) is 9.37. The van der Waals surface area contributed by atoms with Crippen LogP contribution in [0.15, 0.2) is 46.1 Å². The number of carbonyl (C=O) groups is 1. The van der Waals surface area contributed by atoms with Crippen molar-refractivity contribution in [2.24, 2.45) is 7.05 Å². The molecule has 2 aromatic rings. The molecule has 1 aliphatic rings. The number of nitrogens with one attached hydrogen (secondary N) is 1. The number of carbonyl (C=O) groups excluding carboxylic acids is 1. The largest absolute Gasteiger partial charge is 0.348 e. The number of aryl methyl sites for hydroxylation is 1. The Hall–Kier alpha value is -2.63. The number of benzene rings is 1. The molecule has 0 bridgehead atoms. The van der Waals surface area contributed by atoms with Crippen LogP contribution in [0.2, 0.25) is 0 Å². The normalized spacial score (nSPS) is 16.7. The van der Waals surface area contributed by atoms with Gasteiger partial charge < -0.3 is 5.32 Å². The molecule has 0 aliphatic heterocycles. The second kappa shape index (κ2) is 6.24. The molecule has 1 N–H and O–H groups in total. The Labute approximate surface area is 133 Å². The SMILES string of the molecule is Cn1c(=O)ccn(CC(=O)N[C@@H]2CCCc3ccccc32)c1=O. The Morgan fingerprint density at radius 3 is 2.87 bits per heavy atom. The quantitative estimate of drug-likeness (QED) is 0.908. The fourth-order valence-corrected chi connectivity index (χ4v) is 3.04. The molecule has 0 radical (unpaired) electrons. The summed E-state index contributed by atoms with van der Waals surface area (Å²) < 4.78 is 2.23. The third-order valence-corrected chi connectivity index (χ3v) is 4.28. The lowest BCUT2D eigenvalue weighted by molar-refractivity contribution is -0.122. The first-order valence-corrected chi connectivity index (χ1v) is 7.70. The van der Waals surface area contributed by atoms with E-state index in [1.54, 1.807) is 0 Å². The van der Waals surface area contributed by atoms with Gasteiger partial charge in [0, 0.05) is 19.3 Å². The predicted molar refractivity (Wildman–Crippen MR) is 86.2 cm³/mol. The summed E-state index contributed by atoms with van der Waals surface area (Å²) in [5, 5.41) is 3.00. The molecule has 6 heteroatoms. The van der Waals surface area contributed by atoms with Crippen LogP contribution in [-0.2, 0) is 24.8 Å². The zero-order valence-corrected chi connectivity index (χ0v) is 13.0. The lowest BCUT2D eigenvalue weighted by Crippen LogP contribution is -2.41. The van der Waals surface area contributed by atoms with Gasteiger partial charge in [-0.25, -0.2) is 4.79 Å². The van der Waals surface area contributed by atoms with E-state index in [1.165, 1.54) is 29.4 Å². The number of hydrogen-bond acceptors (Lipinski definition) is 3. The smallest absolute Gasteiger partial charge is 0.331 e. The van der Waals surface area contributed by atoms with Crippen LogP contribution in [0.3, 0.4) is 0 Å². The van der Waals surface area contributed by atoms with Crippen molar-refractivity contribution in [2.75, 3.05) is 0 Å². The molecule has 0 fully saturated rings. The molecule has 23 heavy (non-hydrogen) atoms. The number of amides is 1. The van der Waals surface area contributed by atoms with Crippen LogP contribution in [-0.4, -0.2) is 15.0 Å². The monoisotopic (exact) mass is 313 g/mol. The van der Waals surface area contributed by atoms with Gasteiger partial charge >= 0.3 is 5.69 Å². The summed E-state index contributed by atoms with van der Waals surface area (Å²) >= 11 is 0. The number of fused-ring (bicyclic) bond motifs is 1. The van der Waals surface area contributed by atoms with Crippen molar-refractivity contribution in [1.82, 2.24) is 14.5 Å². The highest BCUT2D eigenvalue weighted by Crippen LogP contribution is 2.29. The van der Waals surface area contributed by atoms with Crippen molar-refractivity contribution in [3.63, 3.8) is 0 Å². The Morgan fingerprint density at radius 2 is 2.04 bits per heavy atom. The molecule has 1 atom stereocenters. The highest BCUT2D eigenvalue weighted by molar-refractivity contribution is 5.76. The molecule has 0 saturated carbocycles. The fourth-order valence-electron chi connectivity index (χ4n) is 3.04. The van der Waals surface area contributed by atoms with Gasteiger partial charge in [-0.2, -0.15) is 0 Å². The van der Waals surface area contributed by atoms with Crippen LogP contribution >= 0.6 is 0 Å². The maximum absolute atomic E-state index is 12.3. The average molecular weight is 313 g/mol. The van der Waals surface area contributed by atoms with Gasteiger partial charge in [0.2, 0.25) is 5.91 Å². The Kier molecular flexibility index (Phi) is 4.14. The lowest BCUT2D eigenvalue weighted by Gasteiger charge is -2.26. The zero-order valence-electron chi connectivity index (χ0n) is 13.0. The second-order valence-electron chi connectivity index (χ2n) is 5.83. The summed E-state index contributed by atoms with van der Waals surface area (Å²) in [5.74, 6) is -0.229. The van der Waals surface area contributed by atoms with Gasteiger partial charge in [-0.15, -0.1) is 0 Å². The maximum Gasteiger partial charge on any atom is 0.331 e. The lowest BCUT2D eigenvalue weighted by atomic mass is 9.88. The zero-order chi connectivity index (χ0) is 16.4. The van der Waals surface area contributed by atoms with Crippen LogP contribution < -0.4 is 16.6 Å².